The van der Waals surface area contributed by atoms with Crippen LogP contribution < -0.4 is 16.2 Å². The van der Waals surface area contributed by atoms with E-state index in [-0.39, 0.29) is 60.7 Å². The maximum atomic E-state index is 15.7. The van der Waals surface area contributed by atoms with Crippen LogP contribution in [-0.4, -0.2) is 51.5 Å². The Kier molecular flexibility index (Phi) is 9.02. The Balaban J connectivity index is 1.93. The summed E-state index contributed by atoms with van der Waals surface area (Å²) < 4.78 is 17.0. The molecule has 1 saturated heterocycles. The summed E-state index contributed by atoms with van der Waals surface area (Å²) in [5.74, 6) is -1.35. The number of aryl methyl sites for hydroxylation is 1. The Morgan fingerprint density at radius 3 is 2.40 bits per heavy atom. The molecule has 1 aliphatic heterocycles. The summed E-state index contributed by atoms with van der Waals surface area (Å²) in [5, 5.41) is 9.76. The van der Waals surface area contributed by atoms with E-state index in [0.29, 0.717) is 48.5 Å². The fraction of sp³-hybridized carbons (Fsp3) is 0.258. The molecule has 5 rings (SSSR count). The molecule has 1 fully saturated rings. The predicted octanol–water partition coefficient (Wildman–Crippen LogP) is 6.92. The Labute approximate surface area is 278 Å². The topological polar surface area (TPSA) is 121 Å². The normalized spacial score (nSPS) is 13.4. The fourth-order valence-corrected chi connectivity index (χ4v) is 6.38. The number of carbonyl (C=O) groups is 1. The maximum absolute atomic E-state index is 15.7. The molecular weight excluding hydrogens is 663 g/mol. The number of anilines is 2. The van der Waals surface area contributed by atoms with Crippen molar-refractivity contribution in [1.82, 2.24) is 19.4 Å². The molecule has 4 aromatic rings. The van der Waals surface area contributed by atoms with Gasteiger partial charge < -0.3 is 15.5 Å². The first-order valence-electron chi connectivity index (χ1n) is 13.8. The number of nitrogens with zero attached hydrogens (tertiary/aromatic N) is 6. The average molecular weight is 689 g/mol. The summed E-state index contributed by atoms with van der Waals surface area (Å²) in [4.78, 5) is 39.4. The van der Waals surface area contributed by atoms with Gasteiger partial charge >= 0.3 is 0 Å². The molecule has 1 aromatic carbocycles. The highest BCUT2D eigenvalue weighted by Crippen LogP contribution is 2.46. The second kappa shape index (κ2) is 12.5. The number of nitrogens with two attached hydrogens (primary N) is 1. The molecule has 45 heavy (non-hydrogen) atoms. The van der Waals surface area contributed by atoms with Crippen LogP contribution in [0.3, 0.4) is 0 Å². The number of fused-ring (bicyclic) bond motifs is 1. The van der Waals surface area contributed by atoms with Crippen molar-refractivity contribution in [3.05, 3.63) is 84.1 Å². The second-order valence-electron chi connectivity index (χ2n) is 10.7. The van der Waals surface area contributed by atoms with Gasteiger partial charge in [0.1, 0.15) is 17.3 Å². The highest BCUT2D eigenvalue weighted by Gasteiger charge is 2.31. The molecule has 0 spiro atoms. The number of pyridine rings is 3. The third kappa shape index (κ3) is 5.38. The van der Waals surface area contributed by atoms with Crippen molar-refractivity contribution in [2.75, 3.05) is 36.8 Å². The highest BCUT2D eigenvalue weighted by molar-refractivity contribution is 6.49. The van der Waals surface area contributed by atoms with Gasteiger partial charge in [-0.25, -0.2) is 9.37 Å². The Bertz CT molecular complexity index is 1990. The number of aromatic nitrogens is 3. The number of hydrogen-bond acceptors (Lipinski definition) is 7. The lowest BCUT2D eigenvalue weighted by atomic mass is 10.0. The third-order valence-corrected chi connectivity index (χ3v) is 9.34. The van der Waals surface area contributed by atoms with E-state index in [9.17, 15) is 14.9 Å². The number of rotatable bonds is 5. The summed E-state index contributed by atoms with van der Waals surface area (Å²) in [6.07, 6.45) is 2.87. The number of carbonyl (C=O) groups excluding carboxylic acids is 1. The monoisotopic (exact) mass is 687 g/mol. The molecular formula is C31H26Cl4FN7O2. The lowest BCUT2D eigenvalue weighted by molar-refractivity contribution is -0.126. The van der Waals surface area contributed by atoms with E-state index in [1.54, 1.807) is 17.2 Å². The molecule has 1 aliphatic rings. The Hall–Kier alpha value is -3.88. The number of nitrogen functional groups attached to an aromatic ring is 1. The zero-order chi connectivity index (χ0) is 32.9. The van der Waals surface area contributed by atoms with Gasteiger partial charge in [-0.1, -0.05) is 66.8 Å². The fourth-order valence-electron chi connectivity index (χ4n) is 5.52. The Morgan fingerprint density at radius 1 is 1.13 bits per heavy atom. The van der Waals surface area contributed by atoms with Gasteiger partial charge in [0.2, 0.25) is 5.91 Å². The van der Waals surface area contributed by atoms with Crippen molar-refractivity contribution in [1.29, 1.82) is 5.26 Å². The maximum Gasteiger partial charge on any atom is 0.276 e. The molecule has 9 nitrogen and oxygen atoms in total. The number of hydrogen-bond donors (Lipinski definition) is 1. The molecule has 1 amide bonds. The molecule has 14 heteroatoms. The summed E-state index contributed by atoms with van der Waals surface area (Å²) in [5.41, 5.74) is 6.76. The van der Waals surface area contributed by atoms with Crippen LogP contribution in [0, 0.1) is 24.1 Å². The number of amides is 1. The SMILES string of the molecule is C=CC(=O)N1CCN(c2c(C#N)c(=O)n(-c3c(C)ccnc3C(C)C)c3nc(-c4c(N)c(Cl)c(Cl)c(Cl)c4F)c(Cl)cc23)CC1. The van der Waals surface area contributed by atoms with Crippen LogP contribution in [0.5, 0.6) is 0 Å². The quantitative estimate of drug-likeness (QED) is 0.105. The van der Waals surface area contributed by atoms with E-state index in [0.717, 1.165) is 0 Å². The number of halogens is 5. The summed E-state index contributed by atoms with van der Waals surface area (Å²) in [6, 6.07) is 5.33. The number of benzene rings is 1. The van der Waals surface area contributed by atoms with E-state index in [1.165, 1.54) is 16.7 Å². The van der Waals surface area contributed by atoms with Crippen molar-refractivity contribution in [2.45, 2.75) is 26.7 Å². The van der Waals surface area contributed by atoms with Gasteiger partial charge in [0.15, 0.2) is 5.82 Å². The van der Waals surface area contributed by atoms with Crippen LogP contribution >= 0.6 is 46.4 Å². The average Bonchev–Trinajstić information content (AvgIpc) is 3.02. The summed E-state index contributed by atoms with van der Waals surface area (Å²) in [7, 11) is 0. The lowest BCUT2D eigenvalue weighted by Gasteiger charge is -2.36. The first kappa shape index (κ1) is 32.5. The molecule has 0 saturated carbocycles. The molecule has 0 bridgehead atoms. The van der Waals surface area contributed by atoms with Crippen LogP contribution in [0.1, 0.15) is 36.6 Å². The van der Waals surface area contributed by atoms with Crippen LogP contribution in [0.25, 0.3) is 28.0 Å². The molecule has 232 valence electrons. The van der Waals surface area contributed by atoms with Gasteiger partial charge in [-0.2, -0.15) is 5.26 Å². The minimum absolute atomic E-state index is 0.0506. The van der Waals surface area contributed by atoms with Crippen molar-refractivity contribution < 1.29 is 9.18 Å². The first-order chi connectivity index (χ1) is 21.3. The van der Waals surface area contributed by atoms with Crippen molar-refractivity contribution >= 4 is 74.7 Å². The van der Waals surface area contributed by atoms with E-state index in [2.05, 4.69) is 17.6 Å². The molecule has 3 aromatic heterocycles. The van der Waals surface area contributed by atoms with E-state index in [1.807, 2.05) is 25.7 Å². The molecule has 2 N–H and O–H groups in total. The van der Waals surface area contributed by atoms with Gasteiger partial charge in [-0.3, -0.25) is 19.1 Å². The highest BCUT2D eigenvalue weighted by atomic mass is 35.5. The zero-order valence-electron chi connectivity index (χ0n) is 24.4. The van der Waals surface area contributed by atoms with Crippen LogP contribution in [-0.2, 0) is 4.79 Å². The largest absolute Gasteiger partial charge is 0.397 e. The van der Waals surface area contributed by atoms with Gasteiger partial charge in [0, 0.05) is 37.8 Å². The van der Waals surface area contributed by atoms with Gasteiger partial charge in [0.25, 0.3) is 5.56 Å². The van der Waals surface area contributed by atoms with Crippen LogP contribution in [0.4, 0.5) is 15.8 Å². The minimum Gasteiger partial charge on any atom is -0.397 e. The lowest BCUT2D eigenvalue weighted by Crippen LogP contribution is -2.49. The smallest absolute Gasteiger partial charge is 0.276 e. The first-order valence-corrected chi connectivity index (χ1v) is 15.3. The van der Waals surface area contributed by atoms with Gasteiger partial charge in [0.05, 0.1) is 54.1 Å². The Morgan fingerprint density at radius 2 is 1.80 bits per heavy atom. The standard InChI is InChI=1S/C31H26Cl4FN7O2/c1-5-19(44)41-8-10-42(11-9-41)29-16-12-18(32)27(20-24(36)22(34)21(33)23(35)25(20)38)40-30(16)43(31(45)17(29)13-37)28-15(4)6-7-39-26(28)14(2)3/h5-7,12,14H,1,8-11,38H2,2-4H3. The molecule has 0 unspecified atom stereocenters. The van der Waals surface area contributed by atoms with Gasteiger partial charge in [-0.15, -0.1) is 0 Å². The third-order valence-electron chi connectivity index (χ3n) is 7.74. The van der Waals surface area contributed by atoms with E-state index >= 15 is 4.39 Å². The zero-order valence-corrected chi connectivity index (χ0v) is 27.4. The second-order valence-corrected chi connectivity index (χ2v) is 12.3. The van der Waals surface area contributed by atoms with Crippen LogP contribution in [0.15, 0.2) is 35.8 Å². The van der Waals surface area contributed by atoms with Crippen molar-refractivity contribution in [3.8, 4) is 23.0 Å². The molecule has 4 heterocycles. The summed E-state index contributed by atoms with van der Waals surface area (Å²) >= 11 is 25.4. The molecule has 0 radical (unpaired) electrons. The minimum atomic E-state index is -0.997. The van der Waals surface area contributed by atoms with E-state index in [4.69, 9.17) is 57.1 Å². The number of nitriles is 1. The van der Waals surface area contributed by atoms with Crippen LogP contribution in [0.2, 0.25) is 20.1 Å². The van der Waals surface area contributed by atoms with Crippen molar-refractivity contribution in [3.63, 3.8) is 0 Å². The summed E-state index contributed by atoms with van der Waals surface area (Å²) in [6.45, 7) is 10.5. The molecule has 0 aliphatic carbocycles. The molecule has 0 atom stereocenters. The number of piperazine rings is 1. The van der Waals surface area contributed by atoms with E-state index < -0.39 is 16.4 Å². The van der Waals surface area contributed by atoms with Gasteiger partial charge in [-0.05, 0) is 36.6 Å². The predicted molar refractivity (Wildman–Crippen MR) is 178 cm³/mol. The van der Waals surface area contributed by atoms with Crippen molar-refractivity contribution in [2.24, 2.45) is 0 Å².